The molecule has 37 heavy (non-hydrogen) atoms. The van der Waals surface area contributed by atoms with E-state index >= 15 is 0 Å². The first-order valence-electron chi connectivity index (χ1n) is 12.2. The van der Waals surface area contributed by atoms with Crippen LogP contribution < -0.4 is 15.4 Å². The number of ether oxygens (including phenoxy) is 2. The van der Waals surface area contributed by atoms with Crippen molar-refractivity contribution in [1.82, 2.24) is 15.5 Å². The lowest BCUT2D eigenvalue weighted by molar-refractivity contribution is -0.141. The van der Waals surface area contributed by atoms with Gasteiger partial charge in [-0.25, -0.2) is 0 Å². The van der Waals surface area contributed by atoms with E-state index in [9.17, 15) is 14.4 Å². The molecule has 0 aliphatic carbocycles. The van der Waals surface area contributed by atoms with Crippen LogP contribution in [0.4, 0.5) is 0 Å². The SMILES string of the molecule is COc1ccc(CN(C(=O)CNC(=O)c2ccco2)[C@@H](C(=O)NC[C@@H]2CCCO2)c2ccccc2)cc1. The molecule has 0 bridgehead atoms. The molecule has 1 aliphatic rings. The van der Waals surface area contributed by atoms with E-state index in [4.69, 9.17) is 13.9 Å². The molecular formula is C28H31N3O6. The van der Waals surface area contributed by atoms with Crippen molar-refractivity contribution in [1.29, 1.82) is 0 Å². The Balaban J connectivity index is 1.59. The third kappa shape index (κ3) is 6.98. The number of rotatable bonds is 11. The van der Waals surface area contributed by atoms with E-state index in [1.54, 1.807) is 25.3 Å². The number of hydrogen-bond donors (Lipinski definition) is 2. The average Bonchev–Trinajstić information content (AvgIpc) is 3.66. The standard InChI is InChI=1S/C28H31N3O6/c1-35-22-13-11-20(12-14-22)19-31(25(32)18-30-27(33)24-10-6-16-37-24)26(21-7-3-2-4-8-21)28(34)29-17-23-9-5-15-36-23/h2-4,6-8,10-14,16,23,26H,5,9,15,17-19H2,1H3,(H,29,34)(H,30,33)/t23-,26+/m0/s1. The maximum atomic E-state index is 13.6. The number of nitrogens with zero attached hydrogens (tertiary/aromatic N) is 1. The van der Waals surface area contributed by atoms with Crippen LogP contribution >= 0.6 is 0 Å². The quantitative estimate of drug-likeness (QED) is 0.415. The fourth-order valence-electron chi connectivity index (χ4n) is 4.23. The zero-order chi connectivity index (χ0) is 26.0. The van der Waals surface area contributed by atoms with Crippen molar-refractivity contribution in [3.63, 3.8) is 0 Å². The summed E-state index contributed by atoms with van der Waals surface area (Å²) in [4.78, 5) is 41.0. The van der Waals surface area contributed by atoms with Crippen LogP contribution in [-0.2, 0) is 20.9 Å². The topological polar surface area (TPSA) is 110 Å². The Bertz CT molecular complexity index is 1160. The van der Waals surface area contributed by atoms with E-state index < -0.39 is 17.9 Å². The van der Waals surface area contributed by atoms with Gasteiger partial charge in [0.1, 0.15) is 11.8 Å². The molecule has 3 aromatic rings. The molecule has 1 saturated heterocycles. The Kier molecular flexibility index (Phi) is 8.93. The number of nitrogens with one attached hydrogen (secondary N) is 2. The largest absolute Gasteiger partial charge is 0.497 e. The Hall–Kier alpha value is -4.11. The van der Waals surface area contributed by atoms with Crippen LogP contribution in [-0.4, -0.2) is 55.5 Å². The molecule has 194 valence electrons. The van der Waals surface area contributed by atoms with Crippen molar-refractivity contribution in [2.75, 3.05) is 26.8 Å². The summed E-state index contributed by atoms with van der Waals surface area (Å²) in [5, 5.41) is 5.57. The first kappa shape index (κ1) is 26.0. The van der Waals surface area contributed by atoms with E-state index in [0.29, 0.717) is 24.5 Å². The van der Waals surface area contributed by atoms with Gasteiger partial charge in [0.15, 0.2) is 5.76 Å². The minimum Gasteiger partial charge on any atom is -0.497 e. The van der Waals surface area contributed by atoms with Crippen LogP contribution in [0.15, 0.2) is 77.4 Å². The van der Waals surface area contributed by atoms with Gasteiger partial charge < -0.3 is 29.4 Å². The summed E-state index contributed by atoms with van der Waals surface area (Å²) in [6, 6.07) is 18.6. The Morgan fingerprint density at radius 1 is 1.03 bits per heavy atom. The van der Waals surface area contributed by atoms with Gasteiger partial charge in [0, 0.05) is 19.7 Å². The van der Waals surface area contributed by atoms with Gasteiger partial charge in [-0.3, -0.25) is 14.4 Å². The summed E-state index contributed by atoms with van der Waals surface area (Å²) in [6.07, 6.45) is 3.18. The van der Waals surface area contributed by atoms with Crippen molar-refractivity contribution in [2.24, 2.45) is 0 Å². The van der Waals surface area contributed by atoms with E-state index in [0.717, 1.165) is 18.4 Å². The third-order valence-corrected chi connectivity index (χ3v) is 6.18. The second-order valence-corrected chi connectivity index (χ2v) is 8.72. The molecule has 0 saturated carbocycles. The van der Waals surface area contributed by atoms with E-state index in [-0.39, 0.29) is 30.9 Å². The zero-order valence-electron chi connectivity index (χ0n) is 20.7. The molecule has 0 radical (unpaired) electrons. The Labute approximate surface area is 215 Å². The van der Waals surface area contributed by atoms with Crippen molar-refractivity contribution in [3.8, 4) is 5.75 Å². The second-order valence-electron chi connectivity index (χ2n) is 8.72. The lowest BCUT2D eigenvalue weighted by atomic mass is 10.0. The van der Waals surface area contributed by atoms with Crippen LogP contribution in [0.3, 0.4) is 0 Å². The summed E-state index contributed by atoms with van der Waals surface area (Å²) in [6.45, 7) is 0.881. The molecule has 3 amide bonds. The summed E-state index contributed by atoms with van der Waals surface area (Å²) >= 11 is 0. The predicted octanol–water partition coefficient (Wildman–Crippen LogP) is 3.08. The number of benzene rings is 2. The van der Waals surface area contributed by atoms with Gasteiger partial charge in [0.25, 0.3) is 5.91 Å². The molecule has 1 aliphatic heterocycles. The molecular weight excluding hydrogens is 474 g/mol. The Morgan fingerprint density at radius 2 is 1.81 bits per heavy atom. The number of hydrogen-bond acceptors (Lipinski definition) is 6. The normalized spacial score (nSPS) is 15.5. The van der Waals surface area contributed by atoms with Gasteiger partial charge in [-0.15, -0.1) is 0 Å². The highest BCUT2D eigenvalue weighted by Crippen LogP contribution is 2.25. The molecule has 2 heterocycles. The number of methoxy groups -OCH3 is 1. The molecule has 2 aromatic carbocycles. The molecule has 9 nitrogen and oxygen atoms in total. The van der Waals surface area contributed by atoms with Crippen LogP contribution in [0, 0.1) is 0 Å². The summed E-state index contributed by atoms with van der Waals surface area (Å²) < 4.78 is 16.0. The highest BCUT2D eigenvalue weighted by molar-refractivity contribution is 5.95. The van der Waals surface area contributed by atoms with E-state index in [2.05, 4.69) is 10.6 Å². The van der Waals surface area contributed by atoms with Gasteiger partial charge in [0.2, 0.25) is 11.8 Å². The fraction of sp³-hybridized carbons (Fsp3) is 0.321. The molecule has 9 heteroatoms. The zero-order valence-corrected chi connectivity index (χ0v) is 20.7. The first-order chi connectivity index (χ1) is 18.0. The van der Waals surface area contributed by atoms with Gasteiger partial charge in [0.05, 0.1) is 26.0 Å². The second kappa shape index (κ2) is 12.7. The van der Waals surface area contributed by atoms with Crippen molar-refractivity contribution < 1.29 is 28.3 Å². The maximum absolute atomic E-state index is 13.6. The summed E-state index contributed by atoms with van der Waals surface area (Å²) in [7, 11) is 1.58. The maximum Gasteiger partial charge on any atom is 0.287 e. The highest BCUT2D eigenvalue weighted by atomic mass is 16.5. The van der Waals surface area contributed by atoms with Gasteiger partial charge >= 0.3 is 0 Å². The van der Waals surface area contributed by atoms with Gasteiger partial charge in [-0.1, -0.05) is 42.5 Å². The lowest BCUT2D eigenvalue weighted by Gasteiger charge is -2.32. The monoisotopic (exact) mass is 505 g/mol. The van der Waals surface area contributed by atoms with Crippen molar-refractivity contribution in [3.05, 3.63) is 89.9 Å². The molecule has 2 N–H and O–H groups in total. The molecule has 1 fully saturated rings. The Morgan fingerprint density at radius 3 is 2.46 bits per heavy atom. The molecule has 0 spiro atoms. The number of furan rings is 1. The first-order valence-corrected chi connectivity index (χ1v) is 12.2. The van der Waals surface area contributed by atoms with Crippen molar-refractivity contribution >= 4 is 17.7 Å². The third-order valence-electron chi connectivity index (χ3n) is 6.18. The minimum atomic E-state index is -0.919. The predicted molar refractivity (Wildman–Crippen MR) is 136 cm³/mol. The van der Waals surface area contributed by atoms with Gasteiger partial charge in [-0.05, 0) is 48.2 Å². The number of carbonyl (C=O) groups excluding carboxylic acids is 3. The average molecular weight is 506 g/mol. The van der Waals surface area contributed by atoms with Crippen LogP contribution in [0.5, 0.6) is 5.75 Å². The van der Waals surface area contributed by atoms with E-state index in [1.807, 2.05) is 42.5 Å². The van der Waals surface area contributed by atoms with Crippen LogP contribution in [0.1, 0.15) is 40.6 Å². The molecule has 1 aromatic heterocycles. The lowest BCUT2D eigenvalue weighted by Crippen LogP contribution is -2.48. The summed E-state index contributed by atoms with van der Waals surface area (Å²) in [5.41, 5.74) is 1.46. The van der Waals surface area contributed by atoms with Gasteiger partial charge in [-0.2, -0.15) is 0 Å². The summed E-state index contributed by atoms with van der Waals surface area (Å²) in [5.74, 6) is -0.468. The van der Waals surface area contributed by atoms with Crippen LogP contribution in [0.2, 0.25) is 0 Å². The minimum absolute atomic E-state index is 0.0429. The smallest absolute Gasteiger partial charge is 0.287 e. The van der Waals surface area contributed by atoms with E-state index in [1.165, 1.54) is 17.2 Å². The van der Waals surface area contributed by atoms with Crippen LogP contribution in [0.25, 0.3) is 0 Å². The molecule has 4 rings (SSSR count). The number of amides is 3. The molecule has 0 unspecified atom stereocenters. The number of carbonyl (C=O) groups is 3. The fourth-order valence-corrected chi connectivity index (χ4v) is 4.23. The van der Waals surface area contributed by atoms with Crippen molar-refractivity contribution in [2.45, 2.75) is 31.5 Å². The molecule has 2 atom stereocenters. The highest BCUT2D eigenvalue weighted by Gasteiger charge is 2.32.